The van der Waals surface area contributed by atoms with E-state index in [2.05, 4.69) is 17.6 Å². The van der Waals surface area contributed by atoms with Crippen molar-refractivity contribution < 1.29 is 28.6 Å². The second-order valence-electron chi connectivity index (χ2n) is 10.9. The van der Waals surface area contributed by atoms with E-state index in [9.17, 15) is 14.4 Å². The first-order valence-electron chi connectivity index (χ1n) is 13.7. The minimum absolute atomic E-state index is 0.0241. The van der Waals surface area contributed by atoms with Crippen LogP contribution in [0, 0.1) is 5.92 Å². The van der Waals surface area contributed by atoms with E-state index in [1.165, 1.54) is 20.0 Å². The van der Waals surface area contributed by atoms with Crippen molar-refractivity contribution in [1.82, 2.24) is 10.6 Å². The van der Waals surface area contributed by atoms with Gasteiger partial charge in [-0.1, -0.05) is 57.6 Å². The van der Waals surface area contributed by atoms with Crippen LogP contribution in [0.25, 0.3) is 0 Å². The molecule has 1 fully saturated rings. The lowest BCUT2D eigenvalue weighted by Crippen LogP contribution is -2.56. The first-order chi connectivity index (χ1) is 17.6. The fourth-order valence-corrected chi connectivity index (χ4v) is 4.61. The number of rotatable bonds is 13. The molecule has 0 aromatic heterocycles. The summed E-state index contributed by atoms with van der Waals surface area (Å²) < 4.78 is 16.3. The van der Waals surface area contributed by atoms with Crippen molar-refractivity contribution in [3.8, 4) is 5.75 Å². The SMILES string of the molecule is CCCCCCOc1cccc(CC(NC(=O)C(NC(=O)OC(C)(C)C)C2CCCCC2)C(=O)OC)c1. The minimum Gasteiger partial charge on any atom is -0.494 e. The van der Waals surface area contributed by atoms with Crippen LogP contribution in [-0.4, -0.2) is 49.4 Å². The molecular weight excluding hydrogens is 472 g/mol. The summed E-state index contributed by atoms with van der Waals surface area (Å²) in [6.45, 7) is 8.14. The Hall–Kier alpha value is -2.77. The van der Waals surface area contributed by atoms with E-state index in [0.29, 0.717) is 6.61 Å². The summed E-state index contributed by atoms with van der Waals surface area (Å²) in [4.78, 5) is 38.6. The van der Waals surface area contributed by atoms with Gasteiger partial charge in [-0.25, -0.2) is 9.59 Å². The molecule has 8 nitrogen and oxygen atoms in total. The fourth-order valence-electron chi connectivity index (χ4n) is 4.61. The van der Waals surface area contributed by atoms with Gasteiger partial charge in [0.05, 0.1) is 13.7 Å². The van der Waals surface area contributed by atoms with Gasteiger partial charge < -0.3 is 24.8 Å². The molecule has 8 heteroatoms. The van der Waals surface area contributed by atoms with Gasteiger partial charge in [0.15, 0.2) is 0 Å². The molecule has 1 aromatic rings. The van der Waals surface area contributed by atoms with Crippen LogP contribution in [0.4, 0.5) is 4.79 Å². The van der Waals surface area contributed by atoms with E-state index in [1.54, 1.807) is 20.8 Å². The molecule has 0 radical (unpaired) electrons. The number of hydrogen-bond acceptors (Lipinski definition) is 6. The standard InChI is InChI=1S/C29H46N2O6/c1-6-7-8-12-18-36-23-17-13-14-21(19-23)20-24(27(33)35-5)30-26(32)25(22-15-10-9-11-16-22)31-28(34)37-29(2,3)4/h13-14,17,19,22,24-25H,6-12,15-16,18,20H2,1-5H3,(H,30,32)(H,31,34). The van der Waals surface area contributed by atoms with E-state index in [0.717, 1.165) is 56.3 Å². The molecule has 0 aliphatic heterocycles. The predicted octanol–water partition coefficient (Wildman–Crippen LogP) is 5.32. The second-order valence-corrected chi connectivity index (χ2v) is 10.9. The maximum Gasteiger partial charge on any atom is 0.408 e. The fraction of sp³-hybridized carbons (Fsp3) is 0.690. The number of hydrogen-bond donors (Lipinski definition) is 2. The average Bonchev–Trinajstić information content (AvgIpc) is 2.86. The van der Waals surface area contributed by atoms with Crippen LogP contribution >= 0.6 is 0 Å². The van der Waals surface area contributed by atoms with E-state index >= 15 is 0 Å². The number of carbonyl (C=O) groups is 3. The molecule has 37 heavy (non-hydrogen) atoms. The molecule has 208 valence electrons. The van der Waals surface area contributed by atoms with Crippen molar-refractivity contribution in [2.75, 3.05) is 13.7 Å². The van der Waals surface area contributed by atoms with Gasteiger partial charge >= 0.3 is 12.1 Å². The summed E-state index contributed by atoms with van der Waals surface area (Å²) in [5.41, 5.74) is 0.158. The van der Waals surface area contributed by atoms with Gasteiger partial charge in [0, 0.05) is 6.42 Å². The average molecular weight is 519 g/mol. The first kappa shape index (κ1) is 30.5. The van der Waals surface area contributed by atoms with Crippen molar-refractivity contribution in [2.24, 2.45) is 5.92 Å². The van der Waals surface area contributed by atoms with Crippen LogP contribution in [0.15, 0.2) is 24.3 Å². The molecule has 2 N–H and O–H groups in total. The topological polar surface area (TPSA) is 103 Å². The van der Waals surface area contributed by atoms with Crippen LogP contribution in [0.5, 0.6) is 5.75 Å². The van der Waals surface area contributed by atoms with Gasteiger partial charge in [-0.2, -0.15) is 0 Å². The van der Waals surface area contributed by atoms with Crippen LogP contribution in [-0.2, 0) is 25.5 Å². The number of benzene rings is 1. The number of ether oxygens (including phenoxy) is 3. The van der Waals surface area contributed by atoms with Crippen LogP contribution in [0.3, 0.4) is 0 Å². The van der Waals surface area contributed by atoms with Gasteiger partial charge in [-0.15, -0.1) is 0 Å². The molecular formula is C29H46N2O6. The van der Waals surface area contributed by atoms with Gasteiger partial charge in [0.1, 0.15) is 23.4 Å². The van der Waals surface area contributed by atoms with Gasteiger partial charge in [0.25, 0.3) is 0 Å². The lowest BCUT2D eigenvalue weighted by molar-refractivity contribution is -0.145. The number of methoxy groups -OCH3 is 1. The zero-order valence-electron chi connectivity index (χ0n) is 23.3. The molecule has 2 atom stereocenters. The molecule has 1 aliphatic carbocycles. The number of alkyl carbamates (subject to hydrolysis) is 1. The lowest BCUT2D eigenvalue weighted by atomic mass is 9.83. The van der Waals surface area contributed by atoms with Gasteiger partial charge in [-0.05, 0) is 63.6 Å². The molecule has 0 bridgehead atoms. The number of esters is 1. The Labute approximate surface area is 222 Å². The Kier molecular flexibility index (Phi) is 12.7. The minimum atomic E-state index is -0.899. The number of nitrogens with one attached hydrogen (secondary N) is 2. The van der Waals surface area contributed by atoms with E-state index in [1.807, 2.05) is 24.3 Å². The highest BCUT2D eigenvalue weighted by molar-refractivity contribution is 5.90. The Morgan fingerprint density at radius 1 is 1.03 bits per heavy atom. The van der Waals surface area contributed by atoms with Crippen LogP contribution in [0.2, 0.25) is 0 Å². The molecule has 0 saturated heterocycles. The summed E-state index contributed by atoms with van der Waals surface area (Å²) in [5, 5.41) is 5.61. The summed E-state index contributed by atoms with van der Waals surface area (Å²) in [6.07, 6.45) is 8.85. The Bertz CT molecular complexity index is 860. The number of carbonyl (C=O) groups excluding carboxylic acids is 3. The molecule has 1 saturated carbocycles. The zero-order chi connectivity index (χ0) is 27.3. The van der Waals surface area contributed by atoms with Crippen molar-refractivity contribution in [1.29, 1.82) is 0 Å². The van der Waals surface area contributed by atoms with Crippen LogP contribution < -0.4 is 15.4 Å². The van der Waals surface area contributed by atoms with Crippen molar-refractivity contribution in [3.63, 3.8) is 0 Å². The Balaban J connectivity index is 2.10. The zero-order valence-corrected chi connectivity index (χ0v) is 23.3. The summed E-state index contributed by atoms with van der Waals surface area (Å²) in [6, 6.07) is 5.85. The smallest absolute Gasteiger partial charge is 0.408 e. The Morgan fingerprint density at radius 3 is 2.41 bits per heavy atom. The monoisotopic (exact) mass is 518 g/mol. The van der Waals surface area contributed by atoms with Crippen molar-refractivity contribution >= 4 is 18.0 Å². The van der Waals surface area contributed by atoms with Gasteiger partial charge in [0.2, 0.25) is 5.91 Å². The van der Waals surface area contributed by atoms with E-state index < -0.39 is 35.7 Å². The third-order valence-electron chi connectivity index (χ3n) is 6.48. The molecule has 0 heterocycles. The molecule has 1 aromatic carbocycles. The van der Waals surface area contributed by atoms with E-state index in [4.69, 9.17) is 14.2 Å². The second kappa shape index (κ2) is 15.5. The lowest BCUT2D eigenvalue weighted by Gasteiger charge is -2.31. The highest BCUT2D eigenvalue weighted by Crippen LogP contribution is 2.27. The summed E-state index contributed by atoms with van der Waals surface area (Å²) in [7, 11) is 1.30. The molecule has 2 rings (SSSR count). The van der Waals surface area contributed by atoms with Gasteiger partial charge in [-0.3, -0.25) is 4.79 Å². The quantitative estimate of drug-likeness (QED) is 0.271. The van der Waals surface area contributed by atoms with Crippen molar-refractivity contribution in [3.05, 3.63) is 29.8 Å². The maximum atomic E-state index is 13.4. The largest absolute Gasteiger partial charge is 0.494 e. The summed E-state index contributed by atoms with van der Waals surface area (Å²) >= 11 is 0. The highest BCUT2D eigenvalue weighted by atomic mass is 16.6. The molecule has 1 aliphatic rings. The molecule has 2 amide bonds. The first-order valence-corrected chi connectivity index (χ1v) is 13.7. The van der Waals surface area contributed by atoms with Crippen molar-refractivity contribution in [2.45, 2.75) is 110 Å². The Morgan fingerprint density at radius 2 is 1.76 bits per heavy atom. The molecule has 0 spiro atoms. The highest BCUT2D eigenvalue weighted by Gasteiger charge is 2.34. The summed E-state index contributed by atoms with van der Waals surface area (Å²) in [5.74, 6) is -0.241. The maximum absolute atomic E-state index is 13.4. The van der Waals surface area contributed by atoms with E-state index in [-0.39, 0.29) is 12.3 Å². The number of amides is 2. The third kappa shape index (κ3) is 11.4. The normalized spacial score (nSPS) is 15.8. The number of unbranched alkanes of at least 4 members (excludes halogenated alkanes) is 3. The molecule has 2 unspecified atom stereocenters. The van der Waals surface area contributed by atoms with Crippen LogP contribution in [0.1, 0.15) is 91.0 Å². The predicted molar refractivity (Wildman–Crippen MR) is 143 cm³/mol. The third-order valence-corrected chi connectivity index (χ3v) is 6.48.